The van der Waals surface area contributed by atoms with Crippen LogP contribution in [0.5, 0.6) is 0 Å². The van der Waals surface area contributed by atoms with Gasteiger partial charge in [0.1, 0.15) is 5.82 Å². The Hall–Kier alpha value is -1.42. The van der Waals surface area contributed by atoms with Gasteiger partial charge in [0, 0.05) is 28.5 Å². The highest BCUT2D eigenvalue weighted by molar-refractivity contribution is 5.83. The topological polar surface area (TPSA) is 39.2 Å². The van der Waals surface area contributed by atoms with Gasteiger partial charge in [0.05, 0.1) is 6.26 Å². The van der Waals surface area contributed by atoms with Crippen LogP contribution in [0.4, 0.5) is 8.78 Å². The molecule has 2 nitrogen and oxygen atoms in total. The van der Waals surface area contributed by atoms with Crippen LogP contribution in [0.25, 0.3) is 11.0 Å². The maximum Gasteiger partial charge on any atom is 0.169 e. The summed E-state index contributed by atoms with van der Waals surface area (Å²) < 4.78 is 32.6. The lowest BCUT2D eigenvalue weighted by atomic mass is 9.87. The highest BCUT2D eigenvalue weighted by Crippen LogP contribution is 2.53. The molecule has 0 spiro atoms. The van der Waals surface area contributed by atoms with Crippen LogP contribution in [0.15, 0.2) is 22.8 Å². The molecule has 1 unspecified atom stereocenters. The Morgan fingerprint density at radius 1 is 1.35 bits per heavy atom. The number of hydrogen-bond donors (Lipinski definition) is 1. The zero-order valence-corrected chi connectivity index (χ0v) is 9.47. The minimum atomic E-state index is -0.660. The minimum Gasteiger partial charge on any atom is -0.461 e. The van der Waals surface area contributed by atoms with Crippen LogP contribution >= 0.6 is 0 Å². The van der Waals surface area contributed by atoms with Crippen LogP contribution in [-0.2, 0) is 5.41 Å². The van der Waals surface area contributed by atoms with Gasteiger partial charge in [-0.15, -0.1) is 0 Å². The maximum absolute atomic E-state index is 14.0. The van der Waals surface area contributed by atoms with E-state index >= 15 is 0 Å². The van der Waals surface area contributed by atoms with Crippen LogP contribution in [0, 0.1) is 11.6 Å². The Morgan fingerprint density at radius 2 is 2.06 bits per heavy atom. The van der Waals surface area contributed by atoms with Gasteiger partial charge in [-0.05, 0) is 25.8 Å². The summed E-state index contributed by atoms with van der Waals surface area (Å²) in [5, 5.41) is 0.511. The standard InChI is InChI=1S/C13H13F2NO/c1-7(16)13(3-4-13)11-8-2-5-17-12(8)10(15)6-9(11)14/h2,5-7H,3-4,16H2,1H3. The summed E-state index contributed by atoms with van der Waals surface area (Å²) in [6, 6.07) is 2.35. The Kier molecular flexibility index (Phi) is 2.08. The fraction of sp³-hybridized carbons (Fsp3) is 0.385. The molecule has 0 aliphatic heterocycles. The molecule has 0 radical (unpaired) electrons. The molecule has 1 aliphatic rings. The third-order valence-electron chi connectivity index (χ3n) is 3.80. The molecule has 1 saturated carbocycles. The third kappa shape index (κ3) is 1.33. The summed E-state index contributed by atoms with van der Waals surface area (Å²) in [6.07, 6.45) is 3.06. The molecule has 1 fully saturated rings. The SMILES string of the molecule is CC(N)C1(c2c(F)cc(F)c3occc23)CC1. The molecule has 1 aliphatic carbocycles. The van der Waals surface area contributed by atoms with Gasteiger partial charge in [-0.3, -0.25) is 0 Å². The summed E-state index contributed by atoms with van der Waals surface area (Å²) in [5.41, 5.74) is 6.22. The fourth-order valence-electron chi connectivity index (χ4n) is 2.64. The molecule has 4 heteroatoms. The molecular formula is C13H13F2NO. The van der Waals surface area contributed by atoms with Crippen molar-refractivity contribution >= 4 is 11.0 Å². The van der Waals surface area contributed by atoms with Crippen molar-refractivity contribution in [3.8, 4) is 0 Å². The van der Waals surface area contributed by atoms with Crippen LogP contribution in [0.3, 0.4) is 0 Å². The second-order valence-electron chi connectivity index (χ2n) is 4.82. The predicted molar refractivity (Wildman–Crippen MR) is 60.7 cm³/mol. The van der Waals surface area contributed by atoms with Gasteiger partial charge < -0.3 is 10.2 Å². The van der Waals surface area contributed by atoms with E-state index in [1.54, 1.807) is 6.07 Å². The van der Waals surface area contributed by atoms with Gasteiger partial charge >= 0.3 is 0 Å². The smallest absolute Gasteiger partial charge is 0.169 e. The monoisotopic (exact) mass is 237 g/mol. The molecule has 2 N–H and O–H groups in total. The quantitative estimate of drug-likeness (QED) is 0.871. The zero-order valence-electron chi connectivity index (χ0n) is 9.47. The predicted octanol–water partition coefficient (Wildman–Crippen LogP) is 3.09. The van der Waals surface area contributed by atoms with Crippen molar-refractivity contribution < 1.29 is 13.2 Å². The van der Waals surface area contributed by atoms with Gasteiger partial charge in [0.25, 0.3) is 0 Å². The van der Waals surface area contributed by atoms with Crippen LogP contribution < -0.4 is 5.73 Å². The molecule has 90 valence electrons. The Balaban J connectivity index is 2.33. The van der Waals surface area contributed by atoms with Gasteiger partial charge in [0.15, 0.2) is 11.4 Å². The zero-order chi connectivity index (χ0) is 12.2. The normalized spacial score (nSPS) is 19.5. The molecule has 0 saturated heterocycles. The molecule has 17 heavy (non-hydrogen) atoms. The first-order chi connectivity index (χ1) is 8.06. The summed E-state index contributed by atoms with van der Waals surface area (Å²) in [6.45, 7) is 1.86. The van der Waals surface area contributed by atoms with E-state index in [4.69, 9.17) is 10.2 Å². The fourth-order valence-corrected chi connectivity index (χ4v) is 2.64. The molecule has 0 amide bonds. The molecule has 1 aromatic carbocycles. The van der Waals surface area contributed by atoms with Gasteiger partial charge in [-0.25, -0.2) is 8.78 Å². The van der Waals surface area contributed by atoms with Crippen molar-refractivity contribution in [1.82, 2.24) is 0 Å². The first-order valence-electron chi connectivity index (χ1n) is 5.67. The van der Waals surface area contributed by atoms with Crippen molar-refractivity contribution in [3.05, 3.63) is 35.6 Å². The van der Waals surface area contributed by atoms with Crippen molar-refractivity contribution in [2.24, 2.45) is 5.73 Å². The van der Waals surface area contributed by atoms with E-state index in [2.05, 4.69) is 0 Å². The van der Waals surface area contributed by atoms with Gasteiger partial charge in [-0.2, -0.15) is 0 Å². The van der Waals surface area contributed by atoms with E-state index in [-0.39, 0.29) is 17.0 Å². The number of halogens is 2. The highest BCUT2D eigenvalue weighted by atomic mass is 19.1. The van der Waals surface area contributed by atoms with Crippen molar-refractivity contribution in [3.63, 3.8) is 0 Å². The number of benzene rings is 1. The second kappa shape index (κ2) is 3.29. The van der Waals surface area contributed by atoms with E-state index in [0.717, 1.165) is 18.9 Å². The Morgan fingerprint density at radius 3 is 2.65 bits per heavy atom. The first-order valence-corrected chi connectivity index (χ1v) is 5.67. The Bertz CT molecular complexity index is 584. The average Bonchev–Trinajstić information content (AvgIpc) is 2.89. The molecule has 1 heterocycles. The number of rotatable bonds is 2. The van der Waals surface area contributed by atoms with Gasteiger partial charge in [-0.1, -0.05) is 0 Å². The number of hydrogen-bond acceptors (Lipinski definition) is 2. The molecule has 1 aromatic heterocycles. The van der Waals surface area contributed by atoms with Crippen LogP contribution in [-0.4, -0.2) is 6.04 Å². The largest absolute Gasteiger partial charge is 0.461 e. The number of nitrogens with two attached hydrogens (primary N) is 1. The summed E-state index contributed by atoms with van der Waals surface area (Å²) >= 11 is 0. The average molecular weight is 237 g/mol. The second-order valence-corrected chi connectivity index (χ2v) is 4.82. The lowest BCUT2D eigenvalue weighted by Gasteiger charge is -2.21. The molecule has 0 bridgehead atoms. The van der Waals surface area contributed by atoms with E-state index in [1.807, 2.05) is 6.92 Å². The maximum atomic E-state index is 14.0. The van der Waals surface area contributed by atoms with Crippen LogP contribution in [0.1, 0.15) is 25.3 Å². The summed E-state index contributed by atoms with van der Waals surface area (Å²) in [4.78, 5) is 0. The Labute approximate surface area is 97.4 Å². The lowest BCUT2D eigenvalue weighted by molar-refractivity contribution is 0.503. The first kappa shape index (κ1) is 10.7. The third-order valence-corrected chi connectivity index (χ3v) is 3.80. The molecule has 3 rings (SSSR count). The minimum absolute atomic E-state index is 0.119. The van der Waals surface area contributed by atoms with Crippen LogP contribution in [0.2, 0.25) is 0 Å². The molecule has 1 atom stereocenters. The number of fused-ring (bicyclic) bond motifs is 1. The van der Waals surface area contributed by atoms with E-state index in [0.29, 0.717) is 10.9 Å². The summed E-state index contributed by atoms with van der Waals surface area (Å²) in [5.74, 6) is -1.18. The molecule has 2 aromatic rings. The van der Waals surface area contributed by atoms with Crippen molar-refractivity contribution in [2.45, 2.75) is 31.2 Å². The lowest BCUT2D eigenvalue weighted by Crippen LogP contribution is -2.32. The van der Waals surface area contributed by atoms with E-state index in [1.165, 1.54) is 6.26 Å². The summed E-state index contributed by atoms with van der Waals surface area (Å²) in [7, 11) is 0. The van der Waals surface area contributed by atoms with Gasteiger partial charge in [0.2, 0.25) is 0 Å². The highest BCUT2D eigenvalue weighted by Gasteiger charge is 2.50. The molecular weight excluding hydrogens is 224 g/mol. The van der Waals surface area contributed by atoms with Crippen molar-refractivity contribution in [2.75, 3.05) is 0 Å². The van der Waals surface area contributed by atoms with E-state index in [9.17, 15) is 8.78 Å². The van der Waals surface area contributed by atoms with Crippen molar-refractivity contribution in [1.29, 1.82) is 0 Å². The number of furan rings is 1. The van der Waals surface area contributed by atoms with E-state index < -0.39 is 11.6 Å².